The van der Waals surface area contributed by atoms with Gasteiger partial charge in [-0.05, 0) is 51.4 Å². The molecule has 0 aliphatic carbocycles. The Labute approximate surface area is 153 Å². The third kappa shape index (κ3) is 9.48. The van der Waals surface area contributed by atoms with Gasteiger partial charge >= 0.3 is 0 Å². The highest BCUT2D eigenvalue weighted by atomic mass is 16.3. The van der Waals surface area contributed by atoms with Crippen molar-refractivity contribution in [2.75, 3.05) is 26.2 Å². The molecule has 3 N–H and O–H groups in total. The normalized spacial score (nSPS) is 13.3. The Hall–Kier alpha value is -1.56. The summed E-state index contributed by atoms with van der Waals surface area (Å²) in [5, 5.41) is 16.0. The van der Waals surface area contributed by atoms with Crippen molar-refractivity contribution in [2.45, 2.75) is 59.9 Å². The summed E-state index contributed by atoms with van der Waals surface area (Å²) in [6.07, 6.45) is 8.02. The van der Waals surface area contributed by atoms with Crippen LogP contribution in [0, 0.1) is 18.8 Å². The number of rotatable bonds is 12. The molecule has 0 spiro atoms. The zero-order valence-electron chi connectivity index (χ0n) is 16.5. The minimum absolute atomic E-state index is 0.241. The predicted octanol–water partition coefficient (Wildman–Crippen LogP) is 2.57. The van der Waals surface area contributed by atoms with Gasteiger partial charge in [-0.2, -0.15) is 0 Å². The van der Waals surface area contributed by atoms with Crippen LogP contribution in [0.25, 0.3) is 0 Å². The topological polar surface area (TPSA) is 74.5 Å². The first-order valence-electron chi connectivity index (χ1n) is 9.67. The summed E-state index contributed by atoms with van der Waals surface area (Å²) in [6, 6.07) is 0. The Morgan fingerprint density at radius 1 is 1.32 bits per heavy atom. The Kier molecular flexibility index (Phi) is 11.0. The van der Waals surface area contributed by atoms with Crippen LogP contribution in [0.4, 0.5) is 0 Å². The van der Waals surface area contributed by atoms with Crippen molar-refractivity contribution in [3.63, 3.8) is 0 Å². The molecule has 1 rings (SSSR count). The van der Waals surface area contributed by atoms with Crippen molar-refractivity contribution in [2.24, 2.45) is 16.8 Å². The van der Waals surface area contributed by atoms with Gasteiger partial charge in [-0.25, -0.2) is 4.98 Å². The molecule has 0 bridgehead atoms. The van der Waals surface area contributed by atoms with Crippen LogP contribution in [0.2, 0.25) is 0 Å². The lowest BCUT2D eigenvalue weighted by Gasteiger charge is -2.17. The van der Waals surface area contributed by atoms with Crippen LogP contribution in [0.5, 0.6) is 0 Å². The van der Waals surface area contributed by atoms with Gasteiger partial charge in [0.25, 0.3) is 0 Å². The zero-order valence-corrected chi connectivity index (χ0v) is 16.5. The van der Waals surface area contributed by atoms with E-state index < -0.39 is 0 Å². The number of aliphatic hydroxyl groups excluding tert-OH is 1. The lowest BCUT2D eigenvalue weighted by molar-refractivity contribution is 0.245. The molecule has 0 saturated heterocycles. The molecule has 144 valence electrons. The number of nitrogens with one attached hydrogen (secondary N) is 2. The molecule has 0 aliphatic rings. The van der Waals surface area contributed by atoms with Crippen molar-refractivity contribution >= 4 is 5.96 Å². The van der Waals surface area contributed by atoms with E-state index in [4.69, 9.17) is 4.99 Å². The van der Waals surface area contributed by atoms with Crippen LogP contribution in [0.3, 0.4) is 0 Å². The number of hydrogen-bond donors (Lipinski definition) is 3. The SMILES string of the molecule is CCNC(=NCC(CCO)CC(C)C)NCCCCn1ccnc1C. The number of hydrogen-bond acceptors (Lipinski definition) is 3. The van der Waals surface area contributed by atoms with Crippen molar-refractivity contribution in [3.05, 3.63) is 18.2 Å². The van der Waals surface area contributed by atoms with E-state index in [-0.39, 0.29) is 6.61 Å². The summed E-state index contributed by atoms with van der Waals surface area (Å²) < 4.78 is 2.19. The first-order chi connectivity index (χ1) is 12.1. The Morgan fingerprint density at radius 2 is 2.12 bits per heavy atom. The summed E-state index contributed by atoms with van der Waals surface area (Å²) in [4.78, 5) is 8.96. The van der Waals surface area contributed by atoms with Gasteiger partial charge < -0.3 is 20.3 Å². The van der Waals surface area contributed by atoms with Gasteiger partial charge in [0, 0.05) is 45.2 Å². The summed E-state index contributed by atoms with van der Waals surface area (Å²) >= 11 is 0. The van der Waals surface area contributed by atoms with E-state index in [1.807, 2.05) is 19.3 Å². The van der Waals surface area contributed by atoms with E-state index in [2.05, 4.69) is 41.0 Å². The van der Waals surface area contributed by atoms with Crippen molar-refractivity contribution in [1.29, 1.82) is 0 Å². The van der Waals surface area contributed by atoms with Crippen LogP contribution in [0.15, 0.2) is 17.4 Å². The highest BCUT2D eigenvalue weighted by Crippen LogP contribution is 2.15. The Bertz CT molecular complexity index is 484. The fourth-order valence-electron chi connectivity index (χ4n) is 2.95. The lowest BCUT2D eigenvalue weighted by Crippen LogP contribution is -2.38. The van der Waals surface area contributed by atoms with Gasteiger partial charge in [-0.15, -0.1) is 0 Å². The number of nitrogens with zero attached hydrogens (tertiary/aromatic N) is 3. The molecule has 0 aromatic carbocycles. The highest BCUT2D eigenvalue weighted by molar-refractivity contribution is 5.79. The predicted molar refractivity (Wildman–Crippen MR) is 105 cm³/mol. The van der Waals surface area contributed by atoms with Gasteiger partial charge in [-0.1, -0.05) is 13.8 Å². The Morgan fingerprint density at radius 3 is 2.72 bits per heavy atom. The average molecular weight is 352 g/mol. The quantitative estimate of drug-likeness (QED) is 0.307. The molecular formula is C19H37N5O. The lowest BCUT2D eigenvalue weighted by atomic mass is 9.94. The molecule has 6 heteroatoms. The maximum atomic E-state index is 9.23. The average Bonchev–Trinajstić information content (AvgIpc) is 2.97. The molecule has 0 fully saturated rings. The van der Waals surface area contributed by atoms with Crippen LogP contribution >= 0.6 is 0 Å². The highest BCUT2D eigenvalue weighted by Gasteiger charge is 2.10. The molecule has 25 heavy (non-hydrogen) atoms. The molecule has 0 aliphatic heterocycles. The van der Waals surface area contributed by atoms with E-state index in [1.54, 1.807) is 0 Å². The van der Waals surface area contributed by atoms with E-state index >= 15 is 0 Å². The van der Waals surface area contributed by atoms with E-state index in [0.717, 1.165) is 63.6 Å². The van der Waals surface area contributed by atoms with Gasteiger partial charge in [0.2, 0.25) is 0 Å². The van der Waals surface area contributed by atoms with Gasteiger partial charge in [0.15, 0.2) is 5.96 Å². The third-order valence-electron chi connectivity index (χ3n) is 4.24. The molecule has 1 unspecified atom stereocenters. The minimum Gasteiger partial charge on any atom is -0.396 e. The maximum absolute atomic E-state index is 9.23. The second kappa shape index (κ2) is 12.8. The second-order valence-corrected chi connectivity index (χ2v) is 7.03. The Balaban J connectivity index is 2.34. The summed E-state index contributed by atoms with van der Waals surface area (Å²) in [5.41, 5.74) is 0. The van der Waals surface area contributed by atoms with E-state index in [9.17, 15) is 5.11 Å². The number of aromatic nitrogens is 2. The van der Waals surface area contributed by atoms with Gasteiger partial charge in [-0.3, -0.25) is 4.99 Å². The molecule has 0 radical (unpaired) electrons. The summed E-state index contributed by atoms with van der Waals surface area (Å²) in [7, 11) is 0. The first kappa shape index (κ1) is 21.5. The molecule has 0 amide bonds. The smallest absolute Gasteiger partial charge is 0.191 e. The monoisotopic (exact) mass is 351 g/mol. The number of imidazole rings is 1. The van der Waals surface area contributed by atoms with E-state index in [0.29, 0.717) is 11.8 Å². The van der Waals surface area contributed by atoms with E-state index in [1.165, 1.54) is 0 Å². The zero-order chi connectivity index (χ0) is 18.5. The first-order valence-corrected chi connectivity index (χ1v) is 9.67. The number of aryl methyl sites for hydroxylation is 2. The summed E-state index contributed by atoms with van der Waals surface area (Å²) in [6.45, 7) is 12.3. The van der Waals surface area contributed by atoms with Crippen LogP contribution in [0.1, 0.15) is 52.3 Å². The van der Waals surface area contributed by atoms with Crippen molar-refractivity contribution < 1.29 is 5.11 Å². The fourth-order valence-corrected chi connectivity index (χ4v) is 2.95. The molecule has 1 aromatic rings. The molecule has 1 heterocycles. The van der Waals surface area contributed by atoms with Gasteiger partial charge in [0.05, 0.1) is 0 Å². The second-order valence-electron chi connectivity index (χ2n) is 7.03. The number of unbranched alkanes of at least 4 members (excludes halogenated alkanes) is 1. The maximum Gasteiger partial charge on any atom is 0.191 e. The van der Waals surface area contributed by atoms with Crippen LogP contribution in [-0.2, 0) is 6.54 Å². The van der Waals surface area contributed by atoms with Crippen LogP contribution < -0.4 is 10.6 Å². The number of aliphatic imine (C=N–C) groups is 1. The molecule has 0 saturated carbocycles. The largest absolute Gasteiger partial charge is 0.396 e. The number of guanidine groups is 1. The van der Waals surface area contributed by atoms with Crippen molar-refractivity contribution in [3.8, 4) is 0 Å². The van der Waals surface area contributed by atoms with Crippen LogP contribution in [-0.4, -0.2) is 46.9 Å². The summed E-state index contributed by atoms with van der Waals surface area (Å²) in [5.74, 6) is 3.04. The molecule has 1 atom stereocenters. The fraction of sp³-hybridized carbons (Fsp3) is 0.789. The molecule has 1 aromatic heterocycles. The number of aliphatic hydroxyl groups is 1. The molecule has 6 nitrogen and oxygen atoms in total. The standard InChI is InChI=1S/C19H37N5O/c1-5-20-19(23-15-18(8-13-25)14-16(2)3)22-9-6-7-11-24-12-10-21-17(24)4/h10,12,16,18,25H,5-9,11,13-15H2,1-4H3,(H2,20,22,23). The molecular weight excluding hydrogens is 314 g/mol. The van der Waals surface area contributed by atoms with Crippen molar-refractivity contribution in [1.82, 2.24) is 20.2 Å². The van der Waals surface area contributed by atoms with Gasteiger partial charge in [0.1, 0.15) is 5.82 Å². The minimum atomic E-state index is 0.241. The third-order valence-corrected chi connectivity index (χ3v) is 4.24.